The van der Waals surface area contributed by atoms with Gasteiger partial charge in [0, 0.05) is 0 Å². The van der Waals surface area contributed by atoms with Crippen molar-refractivity contribution in [2.75, 3.05) is 6.54 Å². The van der Waals surface area contributed by atoms with Gasteiger partial charge in [-0.05, 0) is 44.5 Å². The number of nitrogens with zero attached hydrogens (tertiary/aromatic N) is 3. The van der Waals surface area contributed by atoms with Crippen LogP contribution in [0.15, 0.2) is 24.3 Å². The van der Waals surface area contributed by atoms with Crippen LogP contribution >= 0.6 is 0 Å². The molecule has 0 aliphatic rings. The van der Waals surface area contributed by atoms with E-state index in [1.165, 1.54) is 5.56 Å². The van der Waals surface area contributed by atoms with Gasteiger partial charge in [0.05, 0.1) is 5.69 Å². The number of hydrogen-bond acceptors (Lipinski definition) is 3. The second-order valence-electron chi connectivity index (χ2n) is 3.82. The lowest BCUT2D eigenvalue weighted by molar-refractivity contribution is 0.829. The molecule has 0 unspecified atom stereocenters. The highest BCUT2D eigenvalue weighted by Gasteiger charge is 2.04. The third-order valence-corrected chi connectivity index (χ3v) is 2.49. The molecular formula is C12H16N4. The lowest BCUT2D eigenvalue weighted by Crippen LogP contribution is -2.03. The summed E-state index contributed by atoms with van der Waals surface area (Å²) in [5, 5.41) is 4.34. The molecule has 2 aromatic rings. The topological polar surface area (TPSA) is 56.7 Å². The first-order chi connectivity index (χ1) is 7.70. The van der Waals surface area contributed by atoms with Gasteiger partial charge < -0.3 is 5.73 Å². The Kier molecular flexibility index (Phi) is 3.01. The van der Waals surface area contributed by atoms with Gasteiger partial charge in [0.1, 0.15) is 11.6 Å². The second kappa shape index (κ2) is 4.45. The molecule has 84 valence electrons. The molecule has 2 N–H and O–H groups in total. The SMILES string of the molecule is Cc1nc(C)n(-c2ccc(CCN)cc2)n1. The summed E-state index contributed by atoms with van der Waals surface area (Å²) >= 11 is 0. The first-order valence-electron chi connectivity index (χ1n) is 5.40. The number of aromatic nitrogens is 3. The molecule has 4 heteroatoms. The summed E-state index contributed by atoms with van der Waals surface area (Å²) in [6.45, 7) is 4.53. The zero-order valence-corrected chi connectivity index (χ0v) is 9.64. The summed E-state index contributed by atoms with van der Waals surface area (Å²) in [5.74, 6) is 1.70. The molecule has 0 saturated carbocycles. The Balaban J connectivity index is 2.31. The second-order valence-corrected chi connectivity index (χ2v) is 3.82. The highest BCUT2D eigenvalue weighted by atomic mass is 15.3. The first-order valence-corrected chi connectivity index (χ1v) is 5.40. The zero-order valence-electron chi connectivity index (χ0n) is 9.64. The van der Waals surface area contributed by atoms with Crippen molar-refractivity contribution in [3.05, 3.63) is 41.5 Å². The standard InChI is InChI=1S/C12H16N4/c1-9-14-10(2)16(15-9)12-5-3-11(4-6-12)7-8-13/h3-6H,7-8,13H2,1-2H3. The summed E-state index contributed by atoms with van der Waals surface area (Å²) in [6.07, 6.45) is 0.912. The molecule has 2 rings (SSSR count). The van der Waals surface area contributed by atoms with Gasteiger partial charge in [-0.3, -0.25) is 0 Å². The van der Waals surface area contributed by atoms with Gasteiger partial charge in [-0.1, -0.05) is 12.1 Å². The maximum atomic E-state index is 5.51. The highest BCUT2D eigenvalue weighted by molar-refractivity contribution is 5.34. The Morgan fingerprint density at radius 2 is 1.88 bits per heavy atom. The predicted octanol–water partition coefficient (Wildman–Crippen LogP) is 1.39. The molecule has 0 aliphatic carbocycles. The van der Waals surface area contributed by atoms with Crippen LogP contribution in [0.1, 0.15) is 17.2 Å². The first kappa shape index (κ1) is 10.8. The Morgan fingerprint density at radius 3 is 2.38 bits per heavy atom. The molecule has 1 aromatic carbocycles. The summed E-state index contributed by atoms with van der Waals surface area (Å²) in [7, 11) is 0. The average Bonchev–Trinajstić information content (AvgIpc) is 2.59. The minimum absolute atomic E-state index is 0.681. The number of aryl methyl sites for hydroxylation is 2. The minimum Gasteiger partial charge on any atom is -0.330 e. The van der Waals surface area contributed by atoms with Crippen LogP contribution in [0.5, 0.6) is 0 Å². The van der Waals surface area contributed by atoms with Gasteiger partial charge in [-0.25, -0.2) is 9.67 Å². The minimum atomic E-state index is 0.681. The van der Waals surface area contributed by atoms with Crippen molar-refractivity contribution >= 4 is 0 Å². The lowest BCUT2D eigenvalue weighted by atomic mass is 10.1. The Hall–Kier alpha value is -1.68. The molecule has 1 heterocycles. The third-order valence-electron chi connectivity index (χ3n) is 2.49. The Morgan fingerprint density at radius 1 is 1.19 bits per heavy atom. The summed E-state index contributed by atoms with van der Waals surface area (Å²) < 4.78 is 1.85. The van der Waals surface area contributed by atoms with Crippen molar-refractivity contribution in [1.29, 1.82) is 0 Å². The molecule has 4 nitrogen and oxygen atoms in total. The van der Waals surface area contributed by atoms with Crippen LogP contribution in [0, 0.1) is 13.8 Å². The van der Waals surface area contributed by atoms with E-state index >= 15 is 0 Å². The van der Waals surface area contributed by atoms with Crippen LogP contribution in [0.2, 0.25) is 0 Å². The fourth-order valence-corrected chi connectivity index (χ4v) is 1.74. The van der Waals surface area contributed by atoms with Gasteiger partial charge in [-0.15, -0.1) is 0 Å². The Bertz CT molecular complexity index is 470. The van der Waals surface area contributed by atoms with E-state index in [-0.39, 0.29) is 0 Å². The van der Waals surface area contributed by atoms with E-state index in [2.05, 4.69) is 22.2 Å². The summed E-state index contributed by atoms with van der Waals surface area (Å²) in [4.78, 5) is 4.28. The molecule has 0 bridgehead atoms. The van der Waals surface area contributed by atoms with Gasteiger partial charge in [0.25, 0.3) is 0 Å². The molecule has 1 aromatic heterocycles. The van der Waals surface area contributed by atoms with Crippen LogP contribution in [0.3, 0.4) is 0 Å². The normalized spacial score (nSPS) is 10.7. The van der Waals surface area contributed by atoms with E-state index < -0.39 is 0 Å². The largest absolute Gasteiger partial charge is 0.330 e. The van der Waals surface area contributed by atoms with E-state index in [0.717, 1.165) is 23.8 Å². The van der Waals surface area contributed by atoms with Gasteiger partial charge in [0.15, 0.2) is 0 Å². The van der Waals surface area contributed by atoms with Crippen molar-refractivity contribution in [2.24, 2.45) is 5.73 Å². The Labute approximate surface area is 95.1 Å². The molecule has 0 amide bonds. The van der Waals surface area contributed by atoms with Crippen molar-refractivity contribution in [2.45, 2.75) is 20.3 Å². The van der Waals surface area contributed by atoms with Crippen molar-refractivity contribution in [1.82, 2.24) is 14.8 Å². The zero-order chi connectivity index (χ0) is 11.5. The fourth-order valence-electron chi connectivity index (χ4n) is 1.74. The maximum absolute atomic E-state index is 5.51. The van der Waals surface area contributed by atoms with E-state index in [1.807, 2.05) is 30.7 Å². The maximum Gasteiger partial charge on any atom is 0.148 e. The lowest BCUT2D eigenvalue weighted by Gasteiger charge is -2.04. The molecule has 0 fully saturated rings. The van der Waals surface area contributed by atoms with E-state index in [0.29, 0.717) is 6.54 Å². The van der Waals surface area contributed by atoms with Crippen LogP contribution in [0.4, 0.5) is 0 Å². The van der Waals surface area contributed by atoms with E-state index in [4.69, 9.17) is 5.73 Å². The number of benzene rings is 1. The molecule has 0 atom stereocenters. The smallest absolute Gasteiger partial charge is 0.148 e. The molecule has 16 heavy (non-hydrogen) atoms. The molecule has 0 saturated heterocycles. The number of rotatable bonds is 3. The fraction of sp³-hybridized carbons (Fsp3) is 0.333. The predicted molar refractivity (Wildman–Crippen MR) is 63.6 cm³/mol. The van der Waals surface area contributed by atoms with Gasteiger partial charge >= 0.3 is 0 Å². The molecule has 0 spiro atoms. The van der Waals surface area contributed by atoms with Crippen LogP contribution in [-0.4, -0.2) is 21.3 Å². The van der Waals surface area contributed by atoms with Crippen molar-refractivity contribution in [3.8, 4) is 5.69 Å². The van der Waals surface area contributed by atoms with Crippen molar-refractivity contribution < 1.29 is 0 Å². The van der Waals surface area contributed by atoms with E-state index in [9.17, 15) is 0 Å². The average molecular weight is 216 g/mol. The van der Waals surface area contributed by atoms with Crippen LogP contribution in [-0.2, 0) is 6.42 Å². The quantitative estimate of drug-likeness (QED) is 0.843. The van der Waals surface area contributed by atoms with Crippen LogP contribution < -0.4 is 5.73 Å². The molecular weight excluding hydrogens is 200 g/mol. The van der Waals surface area contributed by atoms with Crippen molar-refractivity contribution in [3.63, 3.8) is 0 Å². The monoisotopic (exact) mass is 216 g/mol. The number of hydrogen-bond donors (Lipinski definition) is 1. The molecule has 0 radical (unpaired) electrons. The van der Waals surface area contributed by atoms with Crippen LogP contribution in [0.25, 0.3) is 5.69 Å². The van der Waals surface area contributed by atoms with Gasteiger partial charge in [0.2, 0.25) is 0 Å². The highest BCUT2D eigenvalue weighted by Crippen LogP contribution is 2.11. The van der Waals surface area contributed by atoms with E-state index in [1.54, 1.807) is 0 Å². The number of nitrogens with two attached hydrogens (primary N) is 1. The van der Waals surface area contributed by atoms with Gasteiger partial charge in [-0.2, -0.15) is 5.10 Å². The molecule has 0 aliphatic heterocycles. The summed E-state index contributed by atoms with van der Waals surface area (Å²) in [5.41, 5.74) is 7.80. The summed E-state index contributed by atoms with van der Waals surface area (Å²) in [6, 6.07) is 8.26. The third kappa shape index (κ3) is 2.12.